The topological polar surface area (TPSA) is 145 Å². The first kappa shape index (κ1) is 23.8. The van der Waals surface area contributed by atoms with Gasteiger partial charge in [-0.25, -0.2) is 13.4 Å². The van der Waals surface area contributed by atoms with Gasteiger partial charge in [-0.2, -0.15) is 9.97 Å². The molecule has 0 aliphatic carbocycles. The SMILES string of the molecule is COc1cc(N2CCC(O)CC2)ccc1Nc1nc(Nc2ccccc2S(C)(=O)=O)c2[nH]cnc2n1. The number of fused-ring (bicyclic) bond motifs is 1. The normalized spacial score (nSPS) is 14.7. The van der Waals surface area contributed by atoms with Crippen LogP contribution in [-0.4, -0.2) is 66.0 Å². The van der Waals surface area contributed by atoms with Crippen LogP contribution in [0.1, 0.15) is 12.8 Å². The van der Waals surface area contributed by atoms with Crippen molar-refractivity contribution < 1.29 is 18.3 Å². The average Bonchev–Trinajstić information content (AvgIpc) is 3.34. The highest BCUT2D eigenvalue weighted by Gasteiger charge is 2.20. The van der Waals surface area contributed by atoms with Crippen LogP contribution >= 0.6 is 0 Å². The van der Waals surface area contributed by atoms with Gasteiger partial charge >= 0.3 is 0 Å². The molecule has 0 saturated carbocycles. The van der Waals surface area contributed by atoms with Gasteiger partial charge in [0.1, 0.15) is 11.3 Å². The van der Waals surface area contributed by atoms with Crippen molar-refractivity contribution in [1.82, 2.24) is 19.9 Å². The van der Waals surface area contributed by atoms with Crippen molar-refractivity contribution in [2.24, 2.45) is 0 Å². The molecule has 188 valence electrons. The van der Waals surface area contributed by atoms with Crippen LogP contribution in [0.3, 0.4) is 0 Å². The zero-order chi connectivity index (χ0) is 25.3. The lowest BCUT2D eigenvalue weighted by Gasteiger charge is -2.31. The van der Waals surface area contributed by atoms with Crippen molar-refractivity contribution in [2.75, 3.05) is 42.0 Å². The number of nitrogens with zero attached hydrogens (tertiary/aromatic N) is 4. The summed E-state index contributed by atoms with van der Waals surface area (Å²) in [5.74, 6) is 1.25. The van der Waals surface area contributed by atoms with E-state index in [0.717, 1.165) is 37.9 Å². The van der Waals surface area contributed by atoms with E-state index in [2.05, 4.69) is 35.5 Å². The Balaban J connectivity index is 1.46. The molecule has 1 aliphatic heterocycles. The van der Waals surface area contributed by atoms with Crippen LogP contribution in [0.5, 0.6) is 5.75 Å². The predicted molar refractivity (Wildman–Crippen MR) is 138 cm³/mol. The van der Waals surface area contributed by atoms with Crippen LogP contribution in [0.2, 0.25) is 0 Å². The summed E-state index contributed by atoms with van der Waals surface area (Å²) >= 11 is 0. The van der Waals surface area contributed by atoms with Gasteiger partial charge in [-0.1, -0.05) is 12.1 Å². The number of para-hydroxylation sites is 1. The number of hydrogen-bond donors (Lipinski definition) is 4. The summed E-state index contributed by atoms with van der Waals surface area (Å²) in [4.78, 5) is 18.7. The molecule has 11 nitrogen and oxygen atoms in total. The second-order valence-corrected chi connectivity index (χ2v) is 10.6. The molecule has 0 unspecified atom stereocenters. The van der Waals surface area contributed by atoms with Crippen molar-refractivity contribution in [2.45, 2.75) is 23.8 Å². The highest BCUT2D eigenvalue weighted by Crippen LogP contribution is 2.34. The zero-order valence-electron chi connectivity index (χ0n) is 19.9. The number of ether oxygens (including phenoxy) is 1. The van der Waals surface area contributed by atoms with Crippen molar-refractivity contribution in [3.05, 3.63) is 48.8 Å². The maximum absolute atomic E-state index is 12.3. The van der Waals surface area contributed by atoms with E-state index in [1.807, 2.05) is 18.2 Å². The minimum absolute atomic E-state index is 0.160. The Hall–Kier alpha value is -3.90. The molecule has 5 rings (SSSR count). The fourth-order valence-electron chi connectivity index (χ4n) is 4.22. The van der Waals surface area contributed by atoms with Gasteiger partial charge in [0.2, 0.25) is 5.95 Å². The number of nitrogens with one attached hydrogen (secondary N) is 3. The zero-order valence-corrected chi connectivity index (χ0v) is 20.7. The number of methoxy groups -OCH3 is 1. The minimum Gasteiger partial charge on any atom is -0.494 e. The number of benzene rings is 2. The number of aliphatic hydroxyl groups is 1. The first-order chi connectivity index (χ1) is 17.3. The standard InChI is InChI=1S/C24H27N7O4S/c1-35-19-13-15(31-11-9-16(32)10-12-31)7-8-17(19)28-24-29-22-21(25-14-26-22)23(30-24)27-18-5-3-4-6-20(18)36(2,33)34/h3-8,13-14,16,32H,9-12H2,1-2H3,(H3,25,26,27,28,29,30). The molecule has 36 heavy (non-hydrogen) atoms. The molecule has 2 aromatic carbocycles. The Morgan fingerprint density at radius 2 is 1.86 bits per heavy atom. The van der Waals surface area contributed by atoms with E-state index < -0.39 is 9.84 Å². The molecule has 3 heterocycles. The first-order valence-corrected chi connectivity index (χ1v) is 13.4. The molecular formula is C24H27N7O4S. The summed E-state index contributed by atoms with van der Waals surface area (Å²) in [6, 6.07) is 12.4. The number of sulfone groups is 1. The van der Waals surface area contributed by atoms with Crippen LogP contribution in [0, 0.1) is 0 Å². The van der Waals surface area contributed by atoms with Crippen molar-refractivity contribution in [3.63, 3.8) is 0 Å². The van der Waals surface area contributed by atoms with Gasteiger partial charge in [0, 0.05) is 31.1 Å². The summed E-state index contributed by atoms with van der Waals surface area (Å²) in [5, 5.41) is 16.1. The molecule has 0 amide bonds. The van der Waals surface area contributed by atoms with Crippen molar-refractivity contribution >= 4 is 49.8 Å². The average molecular weight is 510 g/mol. The molecule has 4 aromatic rings. The van der Waals surface area contributed by atoms with Crippen LogP contribution in [0.25, 0.3) is 11.2 Å². The lowest BCUT2D eigenvalue weighted by Crippen LogP contribution is -2.35. The molecule has 0 atom stereocenters. The third-order valence-electron chi connectivity index (χ3n) is 6.09. The van der Waals surface area contributed by atoms with Crippen molar-refractivity contribution in [1.29, 1.82) is 0 Å². The lowest BCUT2D eigenvalue weighted by atomic mass is 10.1. The number of H-pyrrole nitrogens is 1. The predicted octanol–water partition coefficient (Wildman–Crippen LogP) is 3.21. The molecule has 1 aliphatic rings. The molecule has 4 N–H and O–H groups in total. The van der Waals surface area contributed by atoms with Gasteiger partial charge in [-0.05, 0) is 37.1 Å². The number of imidazole rings is 1. The molecule has 0 bridgehead atoms. The molecule has 1 fully saturated rings. The van der Waals surface area contributed by atoms with E-state index >= 15 is 0 Å². The monoisotopic (exact) mass is 509 g/mol. The highest BCUT2D eigenvalue weighted by atomic mass is 32.2. The largest absolute Gasteiger partial charge is 0.494 e. The fraction of sp³-hybridized carbons (Fsp3) is 0.292. The summed E-state index contributed by atoms with van der Waals surface area (Å²) < 4.78 is 30.1. The number of anilines is 5. The molecule has 0 radical (unpaired) electrons. The van der Waals surface area contributed by atoms with E-state index in [9.17, 15) is 13.5 Å². The third-order valence-corrected chi connectivity index (χ3v) is 7.24. The number of aromatic nitrogens is 4. The Morgan fingerprint density at radius 3 is 2.61 bits per heavy atom. The van der Waals surface area contributed by atoms with E-state index in [0.29, 0.717) is 34.1 Å². The first-order valence-electron chi connectivity index (χ1n) is 11.5. The Kier molecular flexibility index (Phi) is 6.37. The maximum atomic E-state index is 12.3. The summed E-state index contributed by atoms with van der Waals surface area (Å²) in [6.07, 6.45) is 3.89. The molecule has 0 spiro atoms. The van der Waals surface area contributed by atoms with Gasteiger partial charge in [0.15, 0.2) is 21.3 Å². The van der Waals surface area contributed by atoms with Crippen molar-refractivity contribution in [3.8, 4) is 5.75 Å². The van der Waals surface area contributed by atoms with Gasteiger partial charge in [0.25, 0.3) is 0 Å². The lowest BCUT2D eigenvalue weighted by molar-refractivity contribution is 0.145. The number of aromatic amines is 1. The molecule has 2 aromatic heterocycles. The Bertz CT molecular complexity index is 1500. The van der Waals surface area contributed by atoms with Crippen LogP contribution in [-0.2, 0) is 9.84 Å². The summed E-state index contributed by atoms with van der Waals surface area (Å²) in [7, 11) is -1.87. The van der Waals surface area contributed by atoms with Crippen LogP contribution in [0.4, 0.5) is 28.8 Å². The van der Waals surface area contributed by atoms with E-state index in [1.165, 1.54) is 12.4 Å². The van der Waals surface area contributed by atoms with Gasteiger partial charge in [0.05, 0.1) is 35.8 Å². The fourth-order valence-corrected chi connectivity index (χ4v) is 5.07. The van der Waals surface area contributed by atoms with E-state index in [-0.39, 0.29) is 16.9 Å². The number of hydrogen-bond acceptors (Lipinski definition) is 10. The Morgan fingerprint density at radius 1 is 1.08 bits per heavy atom. The van der Waals surface area contributed by atoms with E-state index in [4.69, 9.17) is 4.74 Å². The Labute approximate surface area is 208 Å². The van der Waals surface area contributed by atoms with Crippen LogP contribution in [0.15, 0.2) is 53.7 Å². The van der Waals surface area contributed by atoms with E-state index in [1.54, 1.807) is 25.3 Å². The van der Waals surface area contributed by atoms with Gasteiger partial charge in [-0.3, -0.25) is 0 Å². The third kappa shape index (κ3) is 4.90. The molecular weight excluding hydrogens is 482 g/mol. The smallest absolute Gasteiger partial charge is 0.231 e. The molecule has 1 saturated heterocycles. The summed E-state index contributed by atoms with van der Waals surface area (Å²) in [6.45, 7) is 1.56. The quantitative estimate of drug-likeness (QED) is 0.293. The second kappa shape index (κ2) is 9.63. The number of rotatable bonds is 7. The minimum atomic E-state index is -3.46. The number of aliphatic hydroxyl groups excluding tert-OH is 1. The number of piperidine rings is 1. The van der Waals surface area contributed by atoms with Gasteiger partial charge in [-0.15, -0.1) is 0 Å². The maximum Gasteiger partial charge on any atom is 0.231 e. The van der Waals surface area contributed by atoms with Crippen LogP contribution < -0.4 is 20.3 Å². The van der Waals surface area contributed by atoms with Gasteiger partial charge < -0.3 is 30.4 Å². The highest BCUT2D eigenvalue weighted by molar-refractivity contribution is 7.90. The second-order valence-electron chi connectivity index (χ2n) is 8.62. The molecule has 12 heteroatoms. The summed E-state index contributed by atoms with van der Waals surface area (Å²) in [5.41, 5.74) is 3.02.